The van der Waals surface area contributed by atoms with E-state index in [9.17, 15) is 102 Å². The van der Waals surface area contributed by atoms with Crippen LogP contribution in [0, 0.1) is 22.9 Å². The molecule has 0 aromatic heterocycles. The Kier molecular flexibility index (Phi) is 36.6. The third-order valence-corrected chi connectivity index (χ3v) is 19.8. The fourth-order valence-electron chi connectivity index (χ4n) is 8.26. The average Bonchev–Trinajstić information content (AvgIpc) is 4.07. The van der Waals surface area contributed by atoms with E-state index in [-0.39, 0.29) is 8.25 Å². The van der Waals surface area contributed by atoms with Crippen LogP contribution in [0.4, 0.5) is 51.7 Å². The first kappa shape index (κ1) is 83.8. The standard InChI is InChI=1S/4C8H18N.C4H4F7NO4S2.C2H4F3NO4S2.C2HN3.F2HNO4S2/c4*1-3-6-9(2)7-4-5-8-9;1-2(5,6)17(13,14)12-18(15,16)4(10,11)3(7,8)9;1-11(7,8)6-12(9,10)2(3,4)5;3-1-5-2-4;1-8(4,5)3-9(2,6)7/h4*3-8H2,1-2H3;12H,1H3;6H,1H3;5H;3H/q4*+1;;;;. The summed E-state index contributed by atoms with van der Waals surface area (Å²) in [5.41, 5.74) is -5.62. The molecule has 0 bridgehead atoms. The summed E-state index contributed by atoms with van der Waals surface area (Å²) in [6, 6.07) is 0. The van der Waals surface area contributed by atoms with Gasteiger partial charge in [0.05, 0.1) is 113 Å². The maximum Gasteiger partial charge on any atom is 0.512 e. The number of hydrogen-bond acceptors (Lipinski definition) is 15. The minimum atomic E-state index is -6.93. The number of sulfonamides is 4. The number of nitrogens with one attached hydrogen (secondary N) is 4. The van der Waals surface area contributed by atoms with E-state index in [1.807, 2.05) is 0 Å². The van der Waals surface area contributed by atoms with Gasteiger partial charge >= 0.3 is 53.0 Å². The summed E-state index contributed by atoms with van der Waals surface area (Å²) in [5.74, 6) is 0. The second-order valence-electron chi connectivity index (χ2n) is 20.0. The van der Waals surface area contributed by atoms with E-state index in [2.05, 4.69) is 55.9 Å². The Morgan fingerprint density at radius 2 is 0.662 bits per heavy atom. The molecule has 4 fully saturated rings. The molecule has 22 nitrogen and oxygen atoms in total. The summed E-state index contributed by atoms with van der Waals surface area (Å²) in [5, 5.41) is 5.27. The van der Waals surface area contributed by atoms with Gasteiger partial charge in [0.25, 0.3) is 20.0 Å². The van der Waals surface area contributed by atoms with Crippen LogP contribution >= 0.6 is 0 Å². The van der Waals surface area contributed by atoms with Gasteiger partial charge in [-0.05, 0) is 25.7 Å². The van der Waals surface area contributed by atoms with Crippen LogP contribution in [-0.2, 0) is 60.9 Å². The van der Waals surface area contributed by atoms with Gasteiger partial charge in [-0.25, -0.2) is 39.0 Å². The van der Waals surface area contributed by atoms with Crippen LogP contribution in [-0.4, -0.2) is 204 Å². The largest absolute Gasteiger partial charge is 0.512 e. The molecule has 0 spiro atoms. The van der Waals surface area contributed by atoms with Gasteiger partial charge in [-0.3, -0.25) is 0 Å². The van der Waals surface area contributed by atoms with Crippen molar-refractivity contribution in [2.75, 3.05) is 113 Å². The summed E-state index contributed by atoms with van der Waals surface area (Å²) < 4.78 is 266. The maximum atomic E-state index is 12.3. The quantitative estimate of drug-likeness (QED) is 0.0489. The molecule has 4 aliphatic heterocycles. The molecular formula is C40H82F12N10O12S6+4. The summed E-state index contributed by atoms with van der Waals surface area (Å²) in [6.07, 6.45) is 13.5. The molecule has 4 saturated heterocycles. The molecular weight excluding hydrogens is 1230 g/mol. The number of alkyl halides is 10. The molecule has 0 radical (unpaired) electrons. The van der Waals surface area contributed by atoms with E-state index < -0.39 is 90.0 Å². The third-order valence-electron chi connectivity index (χ3n) is 11.9. The van der Waals surface area contributed by atoms with E-state index in [4.69, 9.17) is 10.5 Å². The van der Waals surface area contributed by atoms with E-state index in [0.29, 0.717) is 10.4 Å². The van der Waals surface area contributed by atoms with Gasteiger partial charge in [-0.15, -0.1) is 4.13 Å². The minimum Gasteiger partial charge on any atom is -0.326 e. The van der Waals surface area contributed by atoms with E-state index in [0.717, 1.165) is 0 Å². The van der Waals surface area contributed by atoms with Gasteiger partial charge in [-0.1, -0.05) is 43.7 Å². The van der Waals surface area contributed by atoms with Gasteiger partial charge in [0.2, 0.25) is 10.0 Å². The Hall–Kier alpha value is -2.64. The van der Waals surface area contributed by atoms with Crippen molar-refractivity contribution < 1.29 is 120 Å². The van der Waals surface area contributed by atoms with Crippen LogP contribution in [0.5, 0.6) is 0 Å². The molecule has 0 aromatic rings. The Labute approximate surface area is 466 Å². The van der Waals surface area contributed by atoms with Crippen molar-refractivity contribution in [3.8, 4) is 12.4 Å². The Balaban J connectivity index is -0.000000421. The molecule has 0 amide bonds. The van der Waals surface area contributed by atoms with E-state index in [1.54, 1.807) is 5.32 Å². The molecule has 4 N–H and O–H groups in total. The van der Waals surface area contributed by atoms with Crippen molar-refractivity contribution in [3.05, 3.63) is 0 Å². The zero-order chi connectivity index (χ0) is 64.2. The molecule has 480 valence electrons. The van der Waals surface area contributed by atoms with Crippen LogP contribution in [0.15, 0.2) is 0 Å². The highest BCUT2D eigenvalue weighted by Gasteiger charge is 2.69. The lowest BCUT2D eigenvalue weighted by Crippen LogP contribution is -2.53. The van der Waals surface area contributed by atoms with Crippen LogP contribution in [0.3, 0.4) is 0 Å². The maximum absolute atomic E-state index is 12.3. The smallest absolute Gasteiger partial charge is 0.326 e. The lowest BCUT2D eigenvalue weighted by Gasteiger charge is -2.28. The predicted octanol–water partition coefficient (Wildman–Crippen LogP) is 5.48. The molecule has 0 aromatic carbocycles. The normalized spacial score (nSPS) is 18.6. The molecule has 40 heteroatoms. The summed E-state index contributed by atoms with van der Waals surface area (Å²) in [7, 11) is -24.8. The molecule has 4 rings (SSSR count). The molecule has 4 heterocycles. The van der Waals surface area contributed by atoms with Gasteiger partial charge < -0.3 is 17.9 Å². The number of hydrogen-bond donors (Lipinski definition) is 4. The molecule has 4 aliphatic rings. The van der Waals surface area contributed by atoms with Crippen molar-refractivity contribution in [1.82, 2.24) is 17.7 Å². The fraction of sp³-hybridized carbons (Fsp3) is 0.950. The Morgan fingerprint density at radius 3 is 0.775 bits per heavy atom. The first-order valence-electron chi connectivity index (χ1n) is 24.6. The highest BCUT2D eigenvalue weighted by molar-refractivity contribution is 8.06. The predicted molar refractivity (Wildman–Crippen MR) is 274 cm³/mol. The zero-order valence-corrected chi connectivity index (χ0v) is 51.4. The molecule has 0 unspecified atom stereocenters. The fourth-order valence-corrected chi connectivity index (χ4v) is 13.6. The lowest BCUT2D eigenvalue weighted by molar-refractivity contribution is -0.897. The average molecular weight is 1320 g/mol. The van der Waals surface area contributed by atoms with Crippen molar-refractivity contribution >= 4 is 60.9 Å². The van der Waals surface area contributed by atoms with Gasteiger partial charge in [-0.2, -0.15) is 71.3 Å². The van der Waals surface area contributed by atoms with Crippen molar-refractivity contribution in [2.24, 2.45) is 0 Å². The molecule has 0 saturated carbocycles. The lowest BCUT2D eigenvalue weighted by atomic mass is 10.4. The monoisotopic (exact) mass is 1310 g/mol. The Morgan fingerprint density at radius 1 is 0.425 bits per heavy atom. The zero-order valence-electron chi connectivity index (χ0n) is 46.5. The number of halogens is 12. The van der Waals surface area contributed by atoms with E-state index >= 15 is 0 Å². The minimum absolute atomic E-state index is 0.0694. The SMILES string of the molecule is CC(F)(F)S(=O)(=O)NS(=O)(=O)C(F)(F)C(F)(F)F.CCC[N+]1(C)CCCC1.CCC[N+]1(C)CCCC1.CCC[N+]1(C)CCCC1.CCC[N+]1(C)CCCC1.CS(=O)(=O)NS(=O)(=O)C(F)(F)F.N#CNC#N.O=S(=O)(F)NS(=O)(=O)F. The molecule has 80 heavy (non-hydrogen) atoms. The second kappa shape index (κ2) is 35.0. The number of rotatable bonds is 16. The Bertz CT molecular complexity index is 2440. The van der Waals surface area contributed by atoms with Crippen LogP contribution < -0.4 is 17.7 Å². The number of quaternary nitrogens is 4. The third kappa shape index (κ3) is 37.5. The highest BCUT2D eigenvalue weighted by atomic mass is 32.3. The van der Waals surface area contributed by atoms with Crippen molar-refractivity contribution in [2.45, 2.75) is 134 Å². The van der Waals surface area contributed by atoms with Gasteiger partial charge in [0.1, 0.15) is 0 Å². The van der Waals surface area contributed by atoms with Gasteiger partial charge in [0, 0.05) is 58.3 Å². The molecule has 0 atom stereocenters. The topological polar surface area (TPSA) is 301 Å². The van der Waals surface area contributed by atoms with Crippen LogP contribution in [0.25, 0.3) is 0 Å². The van der Waals surface area contributed by atoms with Crippen LogP contribution in [0.1, 0.15) is 112 Å². The summed E-state index contributed by atoms with van der Waals surface area (Å²) >= 11 is 0. The summed E-state index contributed by atoms with van der Waals surface area (Å²) in [4.78, 5) is 0. The van der Waals surface area contributed by atoms with Crippen molar-refractivity contribution in [3.63, 3.8) is 0 Å². The summed E-state index contributed by atoms with van der Waals surface area (Å²) in [6.45, 7) is 25.7. The second-order valence-corrected chi connectivity index (χ2v) is 30.0. The highest BCUT2D eigenvalue weighted by Crippen LogP contribution is 2.40. The first-order chi connectivity index (χ1) is 35.6. The number of nitrogens with zero attached hydrogens (tertiary/aromatic N) is 6. The van der Waals surface area contributed by atoms with E-state index in [1.165, 1.54) is 186 Å². The van der Waals surface area contributed by atoms with Gasteiger partial charge in [0.15, 0.2) is 12.4 Å². The van der Waals surface area contributed by atoms with Crippen LogP contribution in [0.2, 0.25) is 0 Å². The first-order valence-corrected chi connectivity index (χ1v) is 33.7. The number of likely N-dealkylation sites (tertiary alicyclic amines) is 4. The number of nitriles is 2. The molecule has 0 aliphatic carbocycles. The van der Waals surface area contributed by atoms with Crippen molar-refractivity contribution in [1.29, 1.82) is 10.5 Å².